The van der Waals surface area contributed by atoms with Gasteiger partial charge in [0.1, 0.15) is 11.5 Å². The summed E-state index contributed by atoms with van der Waals surface area (Å²) < 4.78 is 6.81. The van der Waals surface area contributed by atoms with Crippen molar-refractivity contribution in [3.8, 4) is 0 Å². The molecule has 0 spiro atoms. The van der Waals surface area contributed by atoms with E-state index in [1.165, 1.54) is 15.6 Å². The van der Waals surface area contributed by atoms with Crippen molar-refractivity contribution in [3.05, 3.63) is 75.8 Å². The third-order valence-electron chi connectivity index (χ3n) is 4.13. The molecular weight excluding hydrogens is 316 g/mol. The number of benzene rings is 1. The SMILES string of the molecule is COC1=CC(c2cc3ccccc3s2)=NC1=Cc1[nH]c(C)cc1C. The van der Waals surface area contributed by atoms with Crippen molar-refractivity contribution >= 4 is 33.2 Å². The van der Waals surface area contributed by atoms with Crippen LogP contribution in [0.1, 0.15) is 21.8 Å². The Labute approximate surface area is 145 Å². The van der Waals surface area contributed by atoms with E-state index in [4.69, 9.17) is 9.73 Å². The van der Waals surface area contributed by atoms with E-state index in [-0.39, 0.29) is 0 Å². The Bertz CT molecular complexity index is 984. The first-order valence-corrected chi connectivity index (χ1v) is 8.67. The number of nitrogens with one attached hydrogen (secondary N) is 1. The van der Waals surface area contributed by atoms with E-state index >= 15 is 0 Å². The van der Waals surface area contributed by atoms with Gasteiger partial charge in [-0.2, -0.15) is 0 Å². The molecule has 3 heterocycles. The Morgan fingerprint density at radius 1 is 1.17 bits per heavy atom. The lowest BCUT2D eigenvalue weighted by Crippen LogP contribution is -1.88. The summed E-state index contributed by atoms with van der Waals surface area (Å²) >= 11 is 1.76. The summed E-state index contributed by atoms with van der Waals surface area (Å²) in [6.07, 6.45) is 4.07. The molecule has 24 heavy (non-hydrogen) atoms. The zero-order chi connectivity index (χ0) is 16.7. The van der Waals surface area contributed by atoms with Gasteiger partial charge in [0.15, 0.2) is 0 Å². The lowest BCUT2D eigenvalue weighted by Gasteiger charge is -2.01. The van der Waals surface area contributed by atoms with Crippen molar-refractivity contribution in [2.24, 2.45) is 4.99 Å². The Kier molecular flexibility index (Phi) is 3.62. The molecule has 0 saturated heterocycles. The number of ether oxygens (including phenoxy) is 1. The summed E-state index contributed by atoms with van der Waals surface area (Å²) in [6.45, 7) is 4.15. The first kappa shape index (κ1) is 15.0. The summed E-state index contributed by atoms with van der Waals surface area (Å²) in [4.78, 5) is 9.33. The van der Waals surface area contributed by atoms with Gasteiger partial charge >= 0.3 is 0 Å². The summed E-state index contributed by atoms with van der Waals surface area (Å²) in [7, 11) is 1.69. The maximum absolute atomic E-state index is 5.54. The average Bonchev–Trinajstić information content (AvgIpc) is 3.24. The van der Waals surface area contributed by atoms with Crippen molar-refractivity contribution in [2.45, 2.75) is 13.8 Å². The fourth-order valence-corrected chi connectivity index (χ4v) is 3.98. The largest absolute Gasteiger partial charge is 0.494 e. The summed E-state index contributed by atoms with van der Waals surface area (Å²) in [5, 5.41) is 1.25. The van der Waals surface area contributed by atoms with Gasteiger partial charge in [-0.05, 0) is 49.1 Å². The normalized spacial score (nSPS) is 15.9. The number of aryl methyl sites for hydroxylation is 2. The third-order valence-corrected chi connectivity index (χ3v) is 5.27. The number of nitrogens with zero attached hydrogens (tertiary/aromatic N) is 1. The molecular formula is C20H18N2OS. The van der Waals surface area contributed by atoms with Gasteiger partial charge in [0, 0.05) is 22.2 Å². The van der Waals surface area contributed by atoms with Crippen LogP contribution in [0.4, 0.5) is 0 Å². The topological polar surface area (TPSA) is 37.4 Å². The number of rotatable bonds is 3. The smallest absolute Gasteiger partial charge is 0.146 e. The number of aliphatic imine (C=N–C) groups is 1. The number of allylic oxidation sites excluding steroid dienone is 1. The van der Waals surface area contributed by atoms with Crippen molar-refractivity contribution < 1.29 is 4.74 Å². The van der Waals surface area contributed by atoms with Gasteiger partial charge in [-0.1, -0.05) is 18.2 Å². The van der Waals surface area contributed by atoms with Crippen LogP contribution in [0, 0.1) is 13.8 Å². The van der Waals surface area contributed by atoms with Gasteiger partial charge < -0.3 is 9.72 Å². The third kappa shape index (κ3) is 2.59. The molecule has 1 aliphatic rings. The molecule has 0 atom stereocenters. The molecule has 1 aliphatic heterocycles. The van der Waals surface area contributed by atoms with Gasteiger partial charge in [0.25, 0.3) is 0 Å². The standard InChI is InChI=1S/C20H18N2OS/c1-12-8-13(2)21-15(12)10-16-18(23-3)11-17(22-16)20-9-14-6-4-5-7-19(14)24-20/h4-11,21H,1-3H3. The van der Waals surface area contributed by atoms with Crippen LogP contribution < -0.4 is 0 Å². The maximum Gasteiger partial charge on any atom is 0.146 e. The second-order valence-electron chi connectivity index (χ2n) is 5.94. The molecule has 3 aromatic rings. The minimum Gasteiger partial charge on any atom is -0.494 e. The number of hydrogen-bond acceptors (Lipinski definition) is 3. The molecule has 2 aromatic heterocycles. The molecule has 4 heteroatoms. The molecule has 3 nitrogen and oxygen atoms in total. The summed E-state index contributed by atoms with van der Waals surface area (Å²) in [5.41, 5.74) is 5.25. The van der Waals surface area contributed by atoms with Crippen molar-refractivity contribution in [1.82, 2.24) is 4.98 Å². The van der Waals surface area contributed by atoms with Crippen molar-refractivity contribution in [3.63, 3.8) is 0 Å². The number of methoxy groups -OCH3 is 1. The molecule has 0 unspecified atom stereocenters. The lowest BCUT2D eigenvalue weighted by molar-refractivity contribution is 0.303. The van der Waals surface area contributed by atoms with Gasteiger partial charge in [-0.3, -0.25) is 0 Å². The average molecular weight is 334 g/mol. The van der Waals surface area contributed by atoms with Gasteiger partial charge in [-0.15, -0.1) is 11.3 Å². The molecule has 0 amide bonds. The van der Waals surface area contributed by atoms with E-state index in [2.05, 4.69) is 61.3 Å². The van der Waals surface area contributed by atoms with Crippen LogP contribution in [-0.2, 0) is 4.74 Å². The fraction of sp³-hybridized carbons (Fsp3) is 0.150. The molecule has 1 aromatic carbocycles. The molecule has 4 rings (SSSR count). The monoisotopic (exact) mass is 334 g/mol. The molecule has 1 N–H and O–H groups in total. The minimum atomic E-state index is 0.800. The van der Waals surface area contributed by atoms with Crippen LogP contribution in [0.25, 0.3) is 16.2 Å². The zero-order valence-corrected chi connectivity index (χ0v) is 14.7. The molecule has 0 fully saturated rings. The minimum absolute atomic E-state index is 0.800. The number of fused-ring (bicyclic) bond motifs is 1. The predicted octanol–water partition coefficient (Wildman–Crippen LogP) is 5.22. The highest BCUT2D eigenvalue weighted by Gasteiger charge is 2.18. The second kappa shape index (κ2) is 5.80. The Morgan fingerprint density at radius 3 is 2.71 bits per heavy atom. The highest BCUT2D eigenvalue weighted by molar-refractivity contribution is 7.21. The Hall–Kier alpha value is -2.59. The number of H-pyrrole nitrogens is 1. The van der Waals surface area contributed by atoms with Gasteiger partial charge in [-0.25, -0.2) is 4.99 Å². The Morgan fingerprint density at radius 2 is 2.00 bits per heavy atom. The van der Waals surface area contributed by atoms with Gasteiger partial charge in [0.05, 0.1) is 17.7 Å². The first-order valence-electron chi connectivity index (χ1n) is 7.85. The van der Waals surface area contributed by atoms with Crippen LogP contribution in [0.2, 0.25) is 0 Å². The molecule has 0 radical (unpaired) electrons. The maximum atomic E-state index is 5.54. The van der Waals surface area contributed by atoms with Crippen LogP contribution in [0.5, 0.6) is 0 Å². The lowest BCUT2D eigenvalue weighted by atomic mass is 10.2. The highest BCUT2D eigenvalue weighted by Crippen LogP contribution is 2.31. The van der Waals surface area contributed by atoms with E-state index in [0.717, 1.165) is 33.4 Å². The fourth-order valence-electron chi connectivity index (χ4n) is 2.95. The number of aromatic nitrogens is 1. The second-order valence-corrected chi connectivity index (χ2v) is 7.02. The Balaban J connectivity index is 1.77. The zero-order valence-electron chi connectivity index (χ0n) is 13.9. The highest BCUT2D eigenvalue weighted by atomic mass is 32.1. The number of thiophene rings is 1. The van der Waals surface area contributed by atoms with Crippen molar-refractivity contribution in [2.75, 3.05) is 7.11 Å². The van der Waals surface area contributed by atoms with Gasteiger partial charge in [0.2, 0.25) is 0 Å². The number of aromatic amines is 1. The first-order chi connectivity index (χ1) is 11.6. The van der Waals surface area contributed by atoms with Crippen LogP contribution >= 0.6 is 11.3 Å². The number of hydrogen-bond donors (Lipinski definition) is 1. The summed E-state index contributed by atoms with van der Waals surface area (Å²) in [5.74, 6) is 0.800. The van der Waals surface area contributed by atoms with Crippen LogP contribution in [0.15, 0.2) is 58.9 Å². The van der Waals surface area contributed by atoms with E-state index < -0.39 is 0 Å². The van der Waals surface area contributed by atoms with E-state index in [1.54, 1.807) is 18.4 Å². The van der Waals surface area contributed by atoms with E-state index in [1.807, 2.05) is 6.08 Å². The molecule has 0 saturated carbocycles. The quantitative estimate of drug-likeness (QED) is 0.700. The van der Waals surface area contributed by atoms with E-state index in [0.29, 0.717) is 0 Å². The molecule has 0 aliphatic carbocycles. The predicted molar refractivity (Wildman–Crippen MR) is 102 cm³/mol. The molecule has 120 valence electrons. The van der Waals surface area contributed by atoms with Crippen molar-refractivity contribution in [1.29, 1.82) is 0 Å². The van der Waals surface area contributed by atoms with Crippen LogP contribution in [-0.4, -0.2) is 17.8 Å². The summed E-state index contributed by atoms with van der Waals surface area (Å²) in [6, 6.07) is 12.7. The van der Waals surface area contributed by atoms with Crippen LogP contribution in [0.3, 0.4) is 0 Å². The van der Waals surface area contributed by atoms with E-state index in [9.17, 15) is 0 Å². The molecule has 0 bridgehead atoms.